The first-order valence-corrected chi connectivity index (χ1v) is 12.5. The molecule has 1 aliphatic rings. The van der Waals surface area contributed by atoms with Crippen LogP contribution < -0.4 is 19.5 Å². The van der Waals surface area contributed by atoms with Crippen LogP contribution in [0.1, 0.15) is 25.7 Å². The Kier molecular flexibility index (Phi) is 7.52. The van der Waals surface area contributed by atoms with Gasteiger partial charge in [0.05, 0.1) is 26.4 Å². The minimum atomic E-state index is 0.564. The standard InChI is InChI=1S/C30H32N2O4/c1-33-25-12-8-22(9-13-25)29-28(30(36-32-29)23-10-14-26(34-2)15-11-23)21-6-16-27(17-7-21)35-20-18-24-5-3-4-19-31-24/h6-17,24,31H,3-5,18-20H2,1-2H3. The SMILES string of the molecule is COc1ccc(-c2noc(-c3ccc(OC)cc3)c2-c2ccc(OCCC3CCCCN3)cc2)cc1. The molecule has 5 rings (SSSR count). The van der Waals surface area contributed by atoms with Crippen LogP contribution in [0.25, 0.3) is 33.7 Å². The maximum absolute atomic E-state index is 6.06. The Morgan fingerprint density at radius 1 is 0.778 bits per heavy atom. The Hall–Kier alpha value is -3.77. The number of nitrogens with zero attached hydrogens (tertiary/aromatic N) is 1. The van der Waals surface area contributed by atoms with E-state index in [0.717, 1.165) is 58.2 Å². The highest BCUT2D eigenvalue weighted by Crippen LogP contribution is 2.41. The number of methoxy groups -OCH3 is 2. The molecule has 0 radical (unpaired) electrons. The highest BCUT2D eigenvalue weighted by Gasteiger charge is 2.21. The molecular weight excluding hydrogens is 452 g/mol. The summed E-state index contributed by atoms with van der Waals surface area (Å²) in [5.74, 6) is 3.16. The summed E-state index contributed by atoms with van der Waals surface area (Å²) < 4.78 is 22.6. The summed E-state index contributed by atoms with van der Waals surface area (Å²) in [5.41, 5.74) is 4.60. The smallest absolute Gasteiger partial charge is 0.175 e. The summed E-state index contributed by atoms with van der Waals surface area (Å²) in [6.07, 6.45) is 4.84. The minimum absolute atomic E-state index is 0.564. The van der Waals surface area contributed by atoms with Gasteiger partial charge in [0, 0.05) is 17.2 Å². The third kappa shape index (κ3) is 5.39. The van der Waals surface area contributed by atoms with Crippen LogP contribution in [0.4, 0.5) is 0 Å². The van der Waals surface area contributed by atoms with Crippen LogP contribution in [-0.2, 0) is 0 Å². The van der Waals surface area contributed by atoms with E-state index >= 15 is 0 Å². The lowest BCUT2D eigenvalue weighted by atomic mass is 9.96. The van der Waals surface area contributed by atoms with Crippen LogP contribution in [0.2, 0.25) is 0 Å². The van der Waals surface area contributed by atoms with Crippen molar-refractivity contribution in [2.24, 2.45) is 0 Å². The van der Waals surface area contributed by atoms with Crippen LogP contribution in [0.15, 0.2) is 77.3 Å². The molecule has 1 atom stereocenters. The second-order valence-corrected chi connectivity index (χ2v) is 9.00. The van der Waals surface area contributed by atoms with Crippen LogP contribution in [-0.4, -0.2) is 38.6 Å². The van der Waals surface area contributed by atoms with Crippen molar-refractivity contribution in [1.82, 2.24) is 10.5 Å². The number of hydrogen-bond donors (Lipinski definition) is 1. The number of benzene rings is 3. The van der Waals surface area contributed by atoms with Crippen LogP contribution in [0.5, 0.6) is 17.2 Å². The molecule has 186 valence electrons. The summed E-state index contributed by atoms with van der Waals surface area (Å²) >= 11 is 0. The van der Waals surface area contributed by atoms with Gasteiger partial charge in [-0.2, -0.15) is 0 Å². The van der Waals surface area contributed by atoms with Gasteiger partial charge >= 0.3 is 0 Å². The summed E-state index contributed by atoms with van der Waals surface area (Å²) in [7, 11) is 3.32. The molecule has 0 spiro atoms. The third-order valence-electron chi connectivity index (χ3n) is 6.70. The Labute approximate surface area is 212 Å². The fourth-order valence-corrected chi connectivity index (χ4v) is 4.65. The topological polar surface area (TPSA) is 65.8 Å². The molecule has 2 heterocycles. The Balaban J connectivity index is 1.42. The molecule has 0 aliphatic carbocycles. The molecule has 0 saturated carbocycles. The van der Waals surface area contributed by atoms with E-state index in [-0.39, 0.29) is 0 Å². The monoisotopic (exact) mass is 484 g/mol. The van der Waals surface area contributed by atoms with E-state index in [1.165, 1.54) is 19.3 Å². The summed E-state index contributed by atoms with van der Waals surface area (Å²) in [6, 6.07) is 24.4. The molecule has 6 nitrogen and oxygen atoms in total. The quantitative estimate of drug-likeness (QED) is 0.289. The maximum atomic E-state index is 6.06. The molecule has 6 heteroatoms. The zero-order chi connectivity index (χ0) is 24.7. The average molecular weight is 485 g/mol. The predicted molar refractivity (Wildman–Crippen MR) is 142 cm³/mol. The molecular formula is C30H32N2O4. The van der Waals surface area contributed by atoms with Gasteiger partial charge in [-0.25, -0.2) is 0 Å². The minimum Gasteiger partial charge on any atom is -0.497 e. The number of piperidine rings is 1. The first kappa shape index (κ1) is 23.9. The zero-order valence-corrected chi connectivity index (χ0v) is 20.8. The summed E-state index contributed by atoms with van der Waals surface area (Å²) in [4.78, 5) is 0. The van der Waals surface area contributed by atoms with E-state index in [1.54, 1.807) is 14.2 Å². The highest BCUT2D eigenvalue weighted by atomic mass is 16.5. The Morgan fingerprint density at radius 2 is 1.39 bits per heavy atom. The van der Waals surface area contributed by atoms with Gasteiger partial charge in [0.15, 0.2) is 5.76 Å². The average Bonchev–Trinajstić information content (AvgIpc) is 3.39. The molecule has 1 saturated heterocycles. The van der Waals surface area contributed by atoms with Crippen LogP contribution >= 0.6 is 0 Å². The lowest BCUT2D eigenvalue weighted by molar-refractivity contribution is 0.268. The van der Waals surface area contributed by atoms with Crippen molar-refractivity contribution in [1.29, 1.82) is 0 Å². The van der Waals surface area contributed by atoms with Gasteiger partial charge in [0.1, 0.15) is 22.9 Å². The third-order valence-corrected chi connectivity index (χ3v) is 6.70. The molecule has 36 heavy (non-hydrogen) atoms. The van der Waals surface area contributed by atoms with Crippen LogP contribution in [0, 0.1) is 0 Å². The molecule has 1 N–H and O–H groups in total. The number of nitrogens with one attached hydrogen (secondary N) is 1. The van der Waals surface area contributed by atoms with Crippen molar-refractivity contribution in [3.05, 3.63) is 72.8 Å². The molecule has 1 aliphatic heterocycles. The molecule has 0 amide bonds. The van der Waals surface area contributed by atoms with Crippen molar-refractivity contribution >= 4 is 0 Å². The molecule has 1 fully saturated rings. The normalized spacial score (nSPS) is 15.4. The molecule has 1 aromatic heterocycles. The number of rotatable bonds is 9. The molecule has 0 bridgehead atoms. The van der Waals surface area contributed by atoms with E-state index in [1.807, 2.05) is 60.7 Å². The van der Waals surface area contributed by atoms with Gasteiger partial charge in [0.2, 0.25) is 0 Å². The van der Waals surface area contributed by atoms with Gasteiger partial charge < -0.3 is 24.1 Å². The van der Waals surface area contributed by atoms with Crippen molar-refractivity contribution < 1.29 is 18.7 Å². The summed E-state index contributed by atoms with van der Waals surface area (Å²) in [5, 5.41) is 8.05. The zero-order valence-electron chi connectivity index (χ0n) is 20.8. The molecule has 1 unspecified atom stereocenters. The summed E-state index contributed by atoms with van der Waals surface area (Å²) in [6.45, 7) is 1.82. The fourth-order valence-electron chi connectivity index (χ4n) is 4.65. The number of hydrogen-bond acceptors (Lipinski definition) is 6. The molecule has 3 aromatic carbocycles. The van der Waals surface area contributed by atoms with Gasteiger partial charge in [-0.3, -0.25) is 0 Å². The van der Waals surface area contributed by atoms with E-state index < -0.39 is 0 Å². The van der Waals surface area contributed by atoms with E-state index in [9.17, 15) is 0 Å². The van der Waals surface area contributed by atoms with Gasteiger partial charge in [-0.15, -0.1) is 0 Å². The van der Waals surface area contributed by atoms with Crippen molar-refractivity contribution in [3.8, 4) is 51.0 Å². The lowest BCUT2D eigenvalue weighted by Gasteiger charge is -2.23. The van der Waals surface area contributed by atoms with Crippen molar-refractivity contribution in [2.75, 3.05) is 27.4 Å². The predicted octanol–water partition coefficient (Wildman–Crippen LogP) is 6.60. The number of ether oxygens (including phenoxy) is 3. The van der Waals surface area contributed by atoms with Crippen LogP contribution in [0.3, 0.4) is 0 Å². The van der Waals surface area contributed by atoms with Gasteiger partial charge in [-0.1, -0.05) is 23.7 Å². The maximum Gasteiger partial charge on any atom is 0.175 e. The van der Waals surface area contributed by atoms with Gasteiger partial charge in [0.25, 0.3) is 0 Å². The first-order valence-electron chi connectivity index (χ1n) is 12.5. The largest absolute Gasteiger partial charge is 0.497 e. The Morgan fingerprint density at radius 3 is 2.00 bits per heavy atom. The highest BCUT2D eigenvalue weighted by molar-refractivity contribution is 5.90. The first-order chi connectivity index (χ1) is 17.7. The number of aromatic nitrogens is 1. The van der Waals surface area contributed by atoms with Crippen molar-refractivity contribution in [2.45, 2.75) is 31.7 Å². The van der Waals surface area contributed by atoms with E-state index in [4.69, 9.17) is 18.7 Å². The lowest BCUT2D eigenvalue weighted by Crippen LogP contribution is -2.35. The van der Waals surface area contributed by atoms with E-state index in [2.05, 4.69) is 22.6 Å². The van der Waals surface area contributed by atoms with Crippen molar-refractivity contribution in [3.63, 3.8) is 0 Å². The van der Waals surface area contributed by atoms with Gasteiger partial charge in [-0.05, 0) is 92.0 Å². The second-order valence-electron chi connectivity index (χ2n) is 9.00. The molecule has 4 aromatic rings. The second kappa shape index (κ2) is 11.3. The van der Waals surface area contributed by atoms with E-state index in [0.29, 0.717) is 18.4 Å². The fraction of sp³-hybridized carbons (Fsp3) is 0.300. The Bertz CT molecular complexity index is 1180.